The topological polar surface area (TPSA) is 136 Å². The fourth-order valence-electron chi connectivity index (χ4n) is 5.68. The highest BCUT2D eigenvalue weighted by Crippen LogP contribution is 2.56. The third-order valence-corrected chi connectivity index (χ3v) is 7.15. The molecule has 1 aromatic rings. The van der Waals surface area contributed by atoms with Crippen LogP contribution in [0.15, 0.2) is 18.2 Å². The molecule has 3 fully saturated rings. The number of ether oxygens (including phenoxy) is 1. The number of nitrogens with zero attached hydrogens (tertiary/aromatic N) is 2. The van der Waals surface area contributed by atoms with Crippen molar-refractivity contribution in [1.82, 2.24) is 4.90 Å². The molecule has 0 unspecified atom stereocenters. The molecule has 33 heavy (non-hydrogen) atoms. The molecule has 4 rings (SSSR count). The molecule has 5 atom stereocenters. The van der Waals surface area contributed by atoms with E-state index in [0.717, 1.165) is 24.2 Å². The minimum absolute atomic E-state index is 0.143. The van der Waals surface area contributed by atoms with Crippen LogP contribution in [-0.2, 0) is 23.9 Å². The molecular weight excluding hydrogens is 430 g/mol. The Hall–Kier alpha value is -3.30. The molecule has 1 N–H and O–H groups in total. The number of aryl methyl sites for hydroxylation is 1. The van der Waals surface area contributed by atoms with Crippen LogP contribution >= 0.6 is 0 Å². The fourth-order valence-corrected chi connectivity index (χ4v) is 5.68. The van der Waals surface area contributed by atoms with Crippen LogP contribution in [0.3, 0.4) is 0 Å². The van der Waals surface area contributed by atoms with Gasteiger partial charge in [-0.1, -0.05) is 19.9 Å². The Kier molecular flexibility index (Phi) is 5.94. The number of amides is 3. The predicted molar refractivity (Wildman–Crippen MR) is 116 cm³/mol. The van der Waals surface area contributed by atoms with Crippen LogP contribution < -0.4 is 5.32 Å². The molecule has 1 heterocycles. The molecule has 2 saturated carbocycles. The van der Waals surface area contributed by atoms with E-state index in [0.29, 0.717) is 5.56 Å². The standard InChI is InChI=1S/C23H27N3O7/c1-11(2)20(25-21(28)18-13-5-6-14(8-13)19(18)22(25)29)23(30)33-10-17(27)24-15-7-4-12(3)16(9-15)26(31)32/h4,7,9,11,13-14,18-20H,5-6,8,10H2,1-3H3,(H,24,27)/t13-,14-,18-,19+,20+/m0/s1. The SMILES string of the molecule is Cc1ccc(NC(=O)COC(=O)[C@@H](C(C)C)N2C(=O)[C@@H]3[C@H]4CC[C@@H](C4)[C@@H]3C2=O)cc1[N+](=O)[O-]. The number of fused-ring (bicyclic) bond motifs is 5. The summed E-state index contributed by atoms with van der Waals surface area (Å²) in [6, 6.07) is 3.14. The summed E-state index contributed by atoms with van der Waals surface area (Å²) < 4.78 is 5.17. The summed E-state index contributed by atoms with van der Waals surface area (Å²) in [6.45, 7) is 4.39. The smallest absolute Gasteiger partial charge is 0.330 e. The Morgan fingerprint density at radius 3 is 2.33 bits per heavy atom. The summed E-state index contributed by atoms with van der Waals surface area (Å²) in [5.74, 6) is -2.76. The molecule has 10 nitrogen and oxygen atoms in total. The molecule has 3 amide bonds. The van der Waals surface area contributed by atoms with Crippen molar-refractivity contribution in [3.63, 3.8) is 0 Å². The third kappa shape index (κ3) is 3.98. The number of nitrogens with one attached hydrogen (secondary N) is 1. The first-order valence-electron chi connectivity index (χ1n) is 11.2. The average molecular weight is 457 g/mol. The van der Waals surface area contributed by atoms with Crippen LogP contribution in [0.5, 0.6) is 0 Å². The molecule has 0 spiro atoms. The molecule has 2 bridgehead atoms. The van der Waals surface area contributed by atoms with E-state index in [1.54, 1.807) is 20.8 Å². The third-order valence-electron chi connectivity index (χ3n) is 7.15. The van der Waals surface area contributed by atoms with Crippen molar-refractivity contribution in [2.24, 2.45) is 29.6 Å². The maximum Gasteiger partial charge on any atom is 0.330 e. The summed E-state index contributed by atoms with van der Waals surface area (Å²) in [5.41, 5.74) is 0.500. The van der Waals surface area contributed by atoms with E-state index in [-0.39, 0.29) is 52.8 Å². The Morgan fingerprint density at radius 2 is 1.79 bits per heavy atom. The number of rotatable bonds is 7. The number of anilines is 1. The summed E-state index contributed by atoms with van der Waals surface area (Å²) in [7, 11) is 0. The minimum Gasteiger partial charge on any atom is -0.454 e. The van der Waals surface area contributed by atoms with Crippen molar-refractivity contribution in [2.45, 2.75) is 46.1 Å². The van der Waals surface area contributed by atoms with E-state index in [9.17, 15) is 29.3 Å². The van der Waals surface area contributed by atoms with Crippen molar-refractivity contribution in [1.29, 1.82) is 0 Å². The average Bonchev–Trinajstić information content (AvgIpc) is 3.43. The number of nitro benzene ring substituents is 1. The van der Waals surface area contributed by atoms with E-state index < -0.39 is 29.4 Å². The molecule has 1 aromatic carbocycles. The highest BCUT2D eigenvalue weighted by molar-refractivity contribution is 6.08. The molecule has 0 aromatic heterocycles. The second-order valence-electron chi connectivity index (χ2n) is 9.53. The van der Waals surface area contributed by atoms with Crippen LogP contribution in [0, 0.1) is 46.6 Å². The first-order valence-corrected chi connectivity index (χ1v) is 11.2. The maximum atomic E-state index is 13.1. The zero-order chi connectivity index (χ0) is 24.0. The first-order chi connectivity index (χ1) is 15.6. The molecule has 176 valence electrons. The fraction of sp³-hybridized carbons (Fsp3) is 0.565. The lowest BCUT2D eigenvalue weighted by atomic mass is 9.81. The van der Waals surface area contributed by atoms with Gasteiger partial charge in [-0.15, -0.1) is 0 Å². The lowest BCUT2D eigenvalue weighted by Gasteiger charge is -2.28. The first kappa shape index (κ1) is 22.9. The second kappa shape index (κ2) is 8.57. The van der Waals surface area contributed by atoms with E-state index in [2.05, 4.69) is 5.32 Å². The van der Waals surface area contributed by atoms with Gasteiger partial charge in [0.15, 0.2) is 6.61 Å². The van der Waals surface area contributed by atoms with Gasteiger partial charge < -0.3 is 10.1 Å². The molecule has 3 aliphatic rings. The number of hydrogen-bond donors (Lipinski definition) is 1. The van der Waals surface area contributed by atoms with Gasteiger partial charge in [-0.05, 0) is 50.0 Å². The van der Waals surface area contributed by atoms with Crippen molar-refractivity contribution in [3.8, 4) is 0 Å². The van der Waals surface area contributed by atoms with Gasteiger partial charge in [0.1, 0.15) is 6.04 Å². The number of carbonyl (C=O) groups excluding carboxylic acids is 4. The van der Waals surface area contributed by atoms with Gasteiger partial charge in [0.2, 0.25) is 11.8 Å². The number of hydrogen-bond acceptors (Lipinski definition) is 7. The Morgan fingerprint density at radius 1 is 1.18 bits per heavy atom. The van der Waals surface area contributed by atoms with Crippen molar-refractivity contribution in [3.05, 3.63) is 33.9 Å². The summed E-state index contributed by atoms with van der Waals surface area (Å²) in [5, 5.41) is 13.5. The van der Waals surface area contributed by atoms with Crippen LogP contribution in [0.2, 0.25) is 0 Å². The Balaban J connectivity index is 1.41. The van der Waals surface area contributed by atoms with Gasteiger partial charge >= 0.3 is 5.97 Å². The number of esters is 1. The monoisotopic (exact) mass is 457 g/mol. The largest absolute Gasteiger partial charge is 0.454 e. The van der Waals surface area contributed by atoms with Gasteiger partial charge in [0.25, 0.3) is 11.6 Å². The van der Waals surface area contributed by atoms with Gasteiger partial charge in [0.05, 0.1) is 16.8 Å². The molecular formula is C23H27N3O7. The van der Waals surface area contributed by atoms with Gasteiger partial charge in [0, 0.05) is 17.3 Å². The highest BCUT2D eigenvalue weighted by Gasteiger charge is 2.62. The molecule has 0 radical (unpaired) electrons. The van der Waals surface area contributed by atoms with Gasteiger partial charge in [-0.3, -0.25) is 29.4 Å². The minimum atomic E-state index is -1.09. The quantitative estimate of drug-likeness (QED) is 0.287. The Labute approximate surface area is 190 Å². The normalized spacial score (nSPS) is 26.5. The lowest BCUT2D eigenvalue weighted by molar-refractivity contribution is -0.385. The van der Waals surface area contributed by atoms with Gasteiger partial charge in [-0.2, -0.15) is 0 Å². The number of likely N-dealkylation sites (tertiary alicyclic amines) is 1. The lowest BCUT2D eigenvalue weighted by Crippen LogP contribution is -2.50. The van der Waals surface area contributed by atoms with Crippen LogP contribution in [0.4, 0.5) is 11.4 Å². The molecule has 1 saturated heterocycles. The predicted octanol–water partition coefficient (Wildman–Crippen LogP) is 2.44. The number of carbonyl (C=O) groups is 4. The van der Waals surface area contributed by atoms with E-state index in [4.69, 9.17) is 4.74 Å². The van der Waals surface area contributed by atoms with E-state index >= 15 is 0 Å². The number of imide groups is 1. The summed E-state index contributed by atoms with van der Waals surface area (Å²) in [6.07, 6.45) is 2.77. The van der Waals surface area contributed by atoms with Crippen molar-refractivity contribution >= 4 is 35.1 Å². The van der Waals surface area contributed by atoms with E-state index in [1.165, 1.54) is 18.2 Å². The highest BCUT2D eigenvalue weighted by atomic mass is 16.6. The van der Waals surface area contributed by atoms with Crippen LogP contribution in [0.1, 0.15) is 38.7 Å². The van der Waals surface area contributed by atoms with Crippen molar-refractivity contribution < 1.29 is 28.8 Å². The maximum absolute atomic E-state index is 13.1. The number of nitro groups is 1. The summed E-state index contributed by atoms with van der Waals surface area (Å²) in [4.78, 5) is 62.9. The number of benzene rings is 1. The van der Waals surface area contributed by atoms with Crippen LogP contribution in [0.25, 0.3) is 0 Å². The Bertz CT molecular complexity index is 1010. The van der Waals surface area contributed by atoms with E-state index in [1.807, 2.05) is 0 Å². The molecule has 2 aliphatic carbocycles. The molecule has 10 heteroatoms. The summed E-state index contributed by atoms with van der Waals surface area (Å²) >= 11 is 0. The zero-order valence-electron chi connectivity index (χ0n) is 18.8. The molecule has 1 aliphatic heterocycles. The van der Waals surface area contributed by atoms with Crippen molar-refractivity contribution in [2.75, 3.05) is 11.9 Å². The van der Waals surface area contributed by atoms with Crippen LogP contribution in [-0.4, -0.2) is 46.2 Å². The second-order valence-corrected chi connectivity index (χ2v) is 9.53. The zero-order valence-corrected chi connectivity index (χ0v) is 18.8. The van der Waals surface area contributed by atoms with Gasteiger partial charge in [-0.25, -0.2) is 4.79 Å².